The van der Waals surface area contributed by atoms with Crippen LogP contribution in [0.5, 0.6) is 0 Å². The van der Waals surface area contributed by atoms with E-state index in [1.54, 1.807) is 4.90 Å². The number of benzene rings is 1. The molecule has 0 saturated carbocycles. The zero-order chi connectivity index (χ0) is 16.5. The molecule has 120 valence electrons. The number of aromatic carboxylic acids is 1. The Morgan fingerprint density at radius 1 is 1.05 bits per heavy atom. The molecule has 0 unspecified atom stereocenters. The highest BCUT2D eigenvalue weighted by Gasteiger charge is 2.10. The molecule has 6 nitrogen and oxygen atoms in total. The zero-order valence-corrected chi connectivity index (χ0v) is 13.0. The monoisotopic (exact) mass is 306 g/mol. The third-order valence-electron chi connectivity index (χ3n) is 3.36. The van der Waals surface area contributed by atoms with Gasteiger partial charge in [0.2, 0.25) is 5.91 Å². The van der Waals surface area contributed by atoms with Crippen molar-refractivity contribution in [1.29, 1.82) is 0 Å². The van der Waals surface area contributed by atoms with Gasteiger partial charge in [-0.3, -0.25) is 9.59 Å². The van der Waals surface area contributed by atoms with Gasteiger partial charge < -0.3 is 15.3 Å². The Kier molecular flexibility index (Phi) is 7.08. The number of nitrogens with one attached hydrogen (secondary N) is 1. The first-order chi connectivity index (χ1) is 10.5. The normalized spacial score (nSPS) is 10.1. The van der Waals surface area contributed by atoms with Gasteiger partial charge >= 0.3 is 5.97 Å². The molecule has 2 N–H and O–H groups in total. The van der Waals surface area contributed by atoms with Gasteiger partial charge in [0, 0.05) is 31.6 Å². The molecular weight excluding hydrogens is 284 g/mol. The molecule has 0 spiro atoms. The van der Waals surface area contributed by atoms with E-state index in [0.29, 0.717) is 38.0 Å². The number of nitrogens with zero attached hydrogens (tertiary/aromatic N) is 1. The minimum absolute atomic E-state index is 0.0880. The average Bonchev–Trinajstić information content (AvgIpc) is 2.52. The van der Waals surface area contributed by atoms with Crippen molar-refractivity contribution in [3.8, 4) is 0 Å². The van der Waals surface area contributed by atoms with Crippen LogP contribution in [0.25, 0.3) is 0 Å². The van der Waals surface area contributed by atoms with Gasteiger partial charge in [-0.2, -0.15) is 0 Å². The summed E-state index contributed by atoms with van der Waals surface area (Å²) in [6.45, 7) is 5.66. The van der Waals surface area contributed by atoms with Crippen molar-refractivity contribution in [2.75, 3.05) is 19.6 Å². The Hall–Kier alpha value is -2.37. The van der Waals surface area contributed by atoms with E-state index in [1.807, 2.05) is 13.8 Å². The second kappa shape index (κ2) is 8.81. The molecule has 0 radical (unpaired) electrons. The van der Waals surface area contributed by atoms with Crippen LogP contribution in [-0.2, 0) is 4.79 Å². The van der Waals surface area contributed by atoms with E-state index in [1.165, 1.54) is 24.3 Å². The van der Waals surface area contributed by atoms with Gasteiger partial charge in [-0.15, -0.1) is 0 Å². The standard InChI is InChI=1S/C16H22N2O4/c1-3-18(4-2)14(19)6-5-11-17-15(20)12-7-9-13(10-8-12)16(21)22/h7-10H,3-6,11H2,1-2H3,(H,17,20)(H,21,22). The van der Waals surface area contributed by atoms with Crippen molar-refractivity contribution in [3.05, 3.63) is 35.4 Å². The third-order valence-corrected chi connectivity index (χ3v) is 3.36. The third kappa shape index (κ3) is 5.20. The van der Waals surface area contributed by atoms with Crippen molar-refractivity contribution >= 4 is 17.8 Å². The first-order valence-corrected chi connectivity index (χ1v) is 7.38. The summed E-state index contributed by atoms with van der Waals surface area (Å²) in [5, 5.41) is 11.5. The minimum atomic E-state index is -1.03. The molecule has 0 aliphatic heterocycles. The smallest absolute Gasteiger partial charge is 0.335 e. The van der Waals surface area contributed by atoms with Crippen LogP contribution in [0.4, 0.5) is 0 Å². The Morgan fingerprint density at radius 3 is 2.09 bits per heavy atom. The topological polar surface area (TPSA) is 86.7 Å². The molecule has 6 heteroatoms. The Balaban J connectivity index is 2.37. The van der Waals surface area contributed by atoms with Crippen LogP contribution in [0, 0.1) is 0 Å². The number of rotatable bonds is 8. The van der Waals surface area contributed by atoms with Crippen LogP contribution < -0.4 is 5.32 Å². The minimum Gasteiger partial charge on any atom is -0.478 e. The van der Waals surface area contributed by atoms with E-state index < -0.39 is 5.97 Å². The van der Waals surface area contributed by atoms with Gasteiger partial charge in [-0.25, -0.2) is 4.79 Å². The number of carboxylic acids is 1. The number of hydrogen-bond donors (Lipinski definition) is 2. The van der Waals surface area contributed by atoms with Crippen LogP contribution in [0.2, 0.25) is 0 Å². The fourth-order valence-electron chi connectivity index (χ4n) is 2.04. The fourth-order valence-corrected chi connectivity index (χ4v) is 2.04. The molecule has 0 bridgehead atoms. The lowest BCUT2D eigenvalue weighted by molar-refractivity contribution is -0.130. The summed E-state index contributed by atoms with van der Waals surface area (Å²) in [7, 11) is 0. The highest BCUT2D eigenvalue weighted by Crippen LogP contribution is 2.04. The summed E-state index contributed by atoms with van der Waals surface area (Å²) in [5.74, 6) is -1.21. The molecule has 1 aromatic rings. The van der Waals surface area contributed by atoms with Gasteiger partial charge in [-0.05, 0) is 44.5 Å². The summed E-state index contributed by atoms with van der Waals surface area (Å²) in [6.07, 6.45) is 0.980. The highest BCUT2D eigenvalue weighted by molar-refractivity contribution is 5.95. The van der Waals surface area contributed by atoms with E-state index in [4.69, 9.17) is 5.11 Å². The largest absolute Gasteiger partial charge is 0.478 e. The SMILES string of the molecule is CCN(CC)C(=O)CCCNC(=O)c1ccc(C(=O)O)cc1. The molecule has 0 aliphatic carbocycles. The lowest BCUT2D eigenvalue weighted by atomic mass is 10.1. The van der Waals surface area contributed by atoms with Gasteiger partial charge in [0.25, 0.3) is 5.91 Å². The summed E-state index contributed by atoms with van der Waals surface area (Å²) in [4.78, 5) is 36.1. The van der Waals surface area contributed by atoms with E-state index >= 15 is 0 Å². The lowest BCUT2D eigenvalue weighted by Gasteiger charge is -2.18. The average molecular weight is 306 g/mol. The summed E-state index contributed by atoms with van der Waals surface area (Å²) in [6, 6.07) is 5.72. The van der Waals surface area contributed by atoms with Crippen molar-refractivity contribution in [1.82, 2.24) is 10.2 Å². The summed E-state index contributed by atoms with van der Waals surface area (Å²) < 4.78 is 0. The number of amides is 2. The second-order valence-corrected chi connectivity index (χ2v) is 4.81. The summed E-state index contributed by atoms with van der Waals surface area (Å²) in [5.41, 5.74) is 0.543. The Labute approximate surface area is 130 Å². The zero-order valence-electron chi connectivity index (χ0n) is 13.0. The number of carboxylic acid groups (broad SMARTS) is 1. The van der Waals surface area contributed by atoms with Crippen molar-refractivity contribution in [2.45, 2.75) is 26.7 Å². The molecule has 1 rings (SSSR count). The number of hydrogen-bond acceptors (Lipinski definition) is 3. The molecule has 0 aliphatic rings. The van der Waals surface area contributed by atoms with E-state index in [0.717, 1.165) is 0 Å². The first kappa shape index (κ1) is 17.7. The van der Waals surface area contributed by atoms with Crippen molar-refractivity contribution < 1.29 is 19.5 Å². The maximum Gasteiger partial charge on any atom is 0.335 e. The molecule has 0 atom stereocenters. The second-order valence-electron chi connectivity index (χ2n) is 4.81. The van der Waals surface area contributed by atoms with Gasteiger partial charge in [0.1, 0.15) is 0 Å². The quantitative estimate of drug-likeness (QED) is 0.717. The van der Waals surface area contributed by atoms with E-state index in [2.05, 4.69) is 5.32 Å². The van der Waals surface area contributed by atoms with Crippen LogP contribution in [0.15, 0.2) is 24.3 Å². The predicted octanol–water partition coefficient (Wildman–Crippen LogP) is 1.76. The van der Waals surface area contributed by atoms with Gasteiger partial charge in [0.05, 0.1) is 5.56 Å². The molecular formula is C16H22N2O4. The molecule has 1 aromatic carbocycles. The predicted molar refractivity (Wildman–Crippen MR) is 82.9 cm³/mol. The van der Waals surface area contributed by atoms with Crippen LogP contribution >= 0.6 is 0 Å². The Bertz CT molecular complexity index is 521. The maximum atomic E-state index is 11.9. The number of carbonyl (C=O) groups is 3. The van der Waals surface area contributed by atoms with Crippen molar-refractivity contribution in [3.63, 3.8) is 0 Å². The first-order valence-electron chi connectivity index (χ1n) is 7.38. The molecule has 0 aromatic heterocycles. The van der Waals surface area contributed by atoms with Crippen LogP contribution in [0.3, 0.4) is 0 Å². The van der Waals surface area contributed by atoms with Crippen LogP contribution in [0.1, 0.15) is 47.4 Å². The fraction of sp³-hybridized carbons (Fsp3) is 0.438. The summed E-state index contributed by atoms with van der Waals surface area (Å²) >= 11 is 0. The van der Waals surface area contributed by atoms with Gasteiger partial charge in [0.15, 0.2) is 0 Å². The number of carbonyl (C=O) groups excluding carboxylic acids is 2. The lowest BCUT2D eigenvalue weighted by Crippen LogP contribution is -2.31. The molecule has 0 saturated heterocycles. The molecule has 22 heavy (non-hydrogen) atoms. The van der Waals surface area contributed by atoms with E-state index in [-0.39, 0.29) is 17.4 Å². The van der Waals surface area contributed by atoms with Gasteiger partial charge in [-0.1, -0.05) is 0 Å². The van der Waals surface area contributed by atoms with Crippen LogP contribution in [-0.4, -0.2) is 47.4 Å². The van der Waals surface area contributed by atoms with E-state index in [9.17, 15) is 14.4 Å². The Morgan fingerprint density at radius 2 is 1.59 bits per heavy atom. The molecule has 0 fully saturated rings. The molecule has 0 heterocycles. The molecule has 2 amide bonds. The maximum absolute atomic E-state index is 11.9. The highest BCUT2D eigenvalue weighted by atomic mass is 16.4. The van der Waals surface area contributed by atoms with Crippen molar-refractivity contribution in [2.24, 2.45) is 0 Å².